The average molecular weight is 284 g/mol. The van der Waals surface area contributed by atoms with Crippen LogP contribution in [0.3, 0.4) is 0 Å². The summed E-state index contributed by atoms with van der Waals surface area (Å²) < 4.78 is 33.1. The van der Waals surface area contributed by atoms with Gasteiger partial charge in [-0.3, -0.25) is 0 Å². The molecule has 1 aromatic rings. The summed E-state index contributed by atoms with van der Waals surface area (Å²) in [5.41, 5.74) is 0.930. The topological polar surface area (TPSA) is 59.0 Å². The lowest BCUT2D eigenvalue weighted by atomic mass is 10.0. The van der Waals surface area contributed by atoms with Gasteiger partial charge in [0.2, 0.25) is 0 Å². The van der Waals surface area contributed by atoms with E-state index in [4.69, 9.17) is 4.74 Å². The van der Waals surface area contributed by atoms with Gasteiger partial charge in [-0.05, 0) is 23.6 Å². The van der Waals surface area contributed by atoms with Gasteiger partial charge in [0, 0.05) is 14.1 Å². The van der Waals surface area contributed by atoms with E-state index in [1.807, 2.05) is 19.9 Å². The largest absolute Gasteiger partial charge is 0.495 e. The van der Waals surface area contributed by atoms with Crippen LogP contribution in [-0.2, 0) is 10.0 Å². The van der Waals surface area contributed by atoms with Crippen molar-refractivity contribution in [1.29, 1.82) is 0 Å². The average Bonchev–Trinajstić information content (AvgIpc) is 2.35. The molecule has 0 aliphatic carbocycles. The van der Waals surface area contributed by atoms with Crippen molar-refractivity contribution >= 4 is 16.4 Å². The minimum absolute atomic E-state index is 0.0966. The molecule has 0 spiro atoms. The fourth-order valence-corrected chi connectivity index (χ4v) is 2.58. The van der Waals surface area contributed by atoms with Crippen LogP contribution in [0.2, 0.25) is 0 Å². The molecule has 1 rings (SSSR count). The molecule has 0 N–H and O–H groups in total. The van der Waals surface area contributed by atoms with E-state index in [0.29, 0.717) is 5.75 Å². The van der Waals surface area contributed by atoms with Crippen molar-refractivity contribution < 1.29 is 13.2 Å². The summed E-state index contributed by atoms with van der Waals surface area (Å²) in [6.07, 6.45) is 1.26. The summed E-state index contributed by atoms with van der Waals surface area (Å²) >= 11 is 0. The van der Waals surface area contributed by atoms with E-state index < -0.39 is 10.0 Å². The van der Waals surface area contributed by atoms with E-state index >= 15 is 0 Å². The second-order valence-electron chi connectivity index (χ2n) is 4.72. The first-order valence-electron chi connectivity index (χ1n) is 5.92. The number of sulfonamides is 1. The third kappa shape index (κ3) is 3.96. The van der Waals surface area contributed by atoms with Crippen molar-refractivity contribution in [3.8, 4) is 5.75 Å². The van der Waals surface area contributed by atoms with Crippen LogP contribution in [0.25, 0.3) is 0 Å². The molecule has 1 aromatic carbocycles. The molecule has 0 fully saturated rings. The van der Waals surface area contributed by atoms with Gasteiger partial charge in [0.15, 0.2) is 0 Å². The number of hydrogen-bond acceptors (Lipinski definition) is 3. The molecule has 0 amide bonds. The molecule has 0 aliphatic rings. The van der Waals surface area contributed by atoms with Crippen molar-refractivity contribution in [2.24, 2.45) is 4.40 Å². The van der Waals surface area contributed by atoms with Crippen LogP contribution >= 0.6 is 0 Å². The van der Waals surface area contributed by atoms with Crippen LogP contribution in [0.1, 0.15) is 25.3 Å². The minimum Gasteiger partial charge on any atom is -0.495 e. The van der Waals surface area contributed by atoms with E-state index in [0.717, 1.165) is 5.56 Å². The molecule has 0 aromatic heterocycles. The predicted molar refractivity (Wildman–Crippen MR) is 76.4 cm³/mol. The molecular weight excluding hydrogens is 264 g/mol. The molecule has 0 radical (unpaired) electrons. The van der Waals surface area contributed by atoms with Crippen LogP contribution in [-0.4, -0.2) is 40.9 Å². The molecule has 19 heavy (non-hydrogen) atoms. The van der Waals surface area contributed by atoms with Crippen molar-refractivity contribution in [3.63, 3.8) is 0 Å². The number of methoxy groups -OCH3 is 1. The maximum Gasteiger partial charge on any atom is 0.287 e. The predicted octanol–water partition coefficient (Wildman–Crippen LogP) is 2.10. The van der Waals surface area contributed by atoms with Gasteiger partial charge in [0.25, 0.3) is 10.0 Å². The highest BCUT2D eigenvalue weighted by atomic mass is 32.2. The molecule has 0 bridgehead atoms. The molecule has 106 valence electrons. The molecular formula is C13H20N2O3S. The third-order valence-corrected chi connectivity index (χ3v) is 3.80. The van der Waals surface area contributed by atoms with Gasteiger partial charge in [-0.2, -0.15) is 8.42 Å². The van der Waals surface area contributed by atoms with Crippen molar-refractivity contribution in [2.45, 2.75) is 24.7 Å². The number of rotatable bonds is 5. The molecule has 0 aliphatic heterocycles. The molecule has 0 unspecified atom stereocenters. The highest BCUT2D eigenvalue weighted by Crippen LogP contribution is 2.29. The lowest BCUT2D eigenvalue weighted by Gasteiger charge is -2.11. The number of nitrogens with zero attached hydrogens (tertiary/aromatic N) is 2. The Morgan fingerprint density at radius 2 is 1.95 bits per heavy atom. The van der Waals surface area contributed by atoms with Crippen LogP contribution in [0.5, 0.6) is 5.75 Å². The Balaban J connectivity index is 3.34. The van der Waals surface area contributed by atoms with Crippen molar-refractivity contribution in [1.82, 2.24) is 4.90 Å². The standard InChI is InChI=1S/C13H20N2O3S/c1-10(2)11-6-7-12(18-5)13(8-11)19(16,17)14-9-15(3)4/h6-10H,1-5H3/b14-9+. The molecule has 0 atom stereocenters. The van der Waals surface area contributed by atoms with Crippen LogP contribution in [0.4, 0.5) is 0 Å². The molecule has 0 saturated heterocycles. The zero-order chi connectivity index (χ0) is 14.6. The minimum atomic E-state index is -3.75. The molecule has 5 nitrogen and oxygen atoms in total. The summed E-state index contributed by atoms with van der Waals surface area (Å²) in [6, 6.07) is 5.14. The highest BCUT2D eigenvalue weighted by Gasteiger charge is 2.19. The number of benzene rings is 1. The number of hydrogen-bond donors (Lipinski definition) is 0. The Kier molecular flexibility index (Phi) is 4.94. The van der Waals surface area contributed by atoms with E-state index in [-0.39, 0.29) is 10.8 Å². The lowest BCUT2D eigenvalue weighted by molar-refractivity contribution is 0.402. The summed E-state index contributed by atoms with van der Waals surface area (Å²) in [7, 11) is 1.11. The Labute approximate surface area is 115 Å². The van der Waals surface area contributed by atoms with Crippen LogP contribution in [0.15, 0.2) is 27.5 Å². The van der Waals surface area contributed by atoms with Gasteiger partial charge < -0.3 is 9.64 Å². The zero-order valence-corrected chi connectivity index (χ0v) is 12.7. The maximum atomic E-state index is 12.2. The van der Waals surface area contributed by atoms with E-state index in [1.54, 1.807) is 31.1 Å². The first-order valence-corrected chi connectivity index (χ1v) is 7.36. The maximum absolute atomic E-state index is 12.2. The second kappa shape index (κ2) is 6.06. The van der Waals surface area contributed by atoms with Crippen molar-refractivity contribution in [3.05, 3.63) is 23.8 Å². The third-order valence-electron chi connectivity index (χ3n) is 2.55. The SMILES string of the molecule is COc1ccc(C(C)C)cc1S(=O)(=O)/N=C/N(C)C. The van der Waals surface area contributed by atoms with Crippen LogP contribution in [0, 0.1) is 0 Å². The van der Waals surface area contributed by atoms with Crippen LogP contribution < -0.4 is 4.74 Å². The smallest absolute Gasteiger partial charge is 0.287 e. The van der Waals surface area contributed by atoms with Gasteiger partial charge >= 0.3 is 0 Å². The Morgan fingerprint density at radius 1 is 1.32 bits per heavy atom. The van der Waals surface area contributed by atoms with E-state index in [1.165, 1.54) is 13.4 Å². The normalized spacial score (nSPS) is 12.1. The highest BCUT2D eigenvalue weighted by molar-refractivity contribution is 7.90. The summed E-state index contributed by atoms with van der Waals surface area (Å²) in [6.45, 7) is 4.00. The quantitative estimate of drug-likeness (QED) is 0.613. The fraction of sp³-hybridized carbons (Fsp3) is 0.462. The molecule has 0 heterocycles. The number of ether oxygens (including phenoxy) is 1. The molecule has 0 saturated carbocycles. The van der Waals surface area contributed by atoms with Crippen molar-refractivity contribution in [2.75, 3.05) is 21.2 Å². The van der Waals surface area contributed by atoms with Gasteiger partial charge in [-0.25, -0.2) is 0 Å². The van der Waals surface area contributed by atoms with Gasteiger partial charge in [0.1, 0.15) is 17.0 Å². The van der Waals surface area contributed by atoms with E-state index in [9.17, 15) is 8.42 Å². The Bertz CT molecular complexity index is 563. The summed E-state index contributed by atoms with van der Waals surface area (Å²) in [5, 5.41) is 0. The molecule has 6 heteroatoms. The first kappa shape index (κ1) is 15.5. The van der Waals surface area contributed by atoms with Gasteiger partial charge in [0.05, 0.1) is 7.11 Å². The Hall–Kier alpha value is -1.56. The van der Waals surface area contributed by atoms with E-state index in [2.05, 4.69) is 4.40 Å². The first-order chi connectivity index (χ1) is 8.77. The monoisotopic (exact) mass is 284 g/mol. The fourth-order valence-electron chi connectivity index (χ4n) is 1.47. The lowest BCUT2D eigenvalue weighted by Crippen LogP contribution is -2.10. The van der Waals surface area contributed by atoms with Gasteiger partial charge in [-0.1, -0.05) is 19.9 Å². The van der Waals surface area contributed by atoms with Gasteiger partial charge in [-0.15, -0.1) is 4.40 Å². The summed E-state index contributed by atoms with van der Waals surface area (Å²) in [5.74, 6) is 0.540. The zero-order valence-electron chi connectivity index (χ0n) is 11.9. The second-order valence-corrected chi connectivity index (χ2v) is 6.33. The Morgan fingerprint density at radius 3 is 2.42 bits per heavy atom. The summed E-state index contributed by atoms with van der Waals surface area (Å²) in [4.78, 5) is 1.66.